The van der Waals surface area contributed by atoms with Crippen molar-refractivity contribution in [2.24, 2.45) is 0 Å². The summed E-state index contributed by atoms with van der Waals surface area (Å²) in [4.78, 5) is 34.9. The van der Waals surface area contributed by atoms with Gasteiger partial charge in [-0.3, -0.25) is 9.59 Å². The SMILES string of the molecule is O=C([O-])CCC(=O)Nc1ccc(Br)cc1C(=O)c1ccc(Cl)cc1. The molecule has 2 aromatic carbocycles. The van der Waals surface area contributed by atoms with Gasteiger partial charge in [0.2, 0.25) is 5.91 Å². The molecule has 5 nitrogen and oxygen atoms in total. The summed E-state index contributed by atoms with van der Waals surface area (Å²) in [7, 11) is 0. The number of aliphatic carboxylic acids is 1. The molecule has 0 atom stereocenters. The molecule has 0 unspecified atom stereocenters. The molecule has 0 spiro atoms. The third-order valence-electron chi connectivity index (χ3n) is 3.16. The molecular formula is C17H12BrClNO4-. The Bertz CT molecular complexity index is 790. The lowest BCUT2D eigenvalue weighted by Crippen LogP contribution is -2.24. The van der Waals surface area contributed by atoms with Gasteiger partial charge in [0.05, 0.1) is 5.69 Å². The van der Waals surface area contributed by atoms with Crippen molar-refractivity contribution in [1.82, 2.24) is 0 Å². The van der Waals surface area contributed by atoms with Gasteiger partial charge in [-0.15, -0.1) is 0 Å². The summed E-state index contributed by atoms with van der Waals surface area (Å²) >= 11 is 9.11. The molecule has 0 bridgehead atoms. The van der Waals surface area contributed by atoms with Crippen LogP contribution in [0.1, 0.15) is 28.8 Å². The van der Waals surface area contributed by atoms with Crippen LogP contribution >= 0.6 is 27.5 Å². The molecule has 0 heterocycles. The zero-order valence-corrected chi connectivity index (χ0v) is 14.7. The van der Waals surface area contributed by atoms with Crippen molar-refractivity contribution in [3.05, 3.63) is 63.1 Å². The van der Waals surface area contributed by atoms with Crippen LogP contribution in [-0.4, -0.2) is 17.7 Å². The molecule has 2 aromatic rings. The van der Waals surface area contributed by atoms with Gasteiger partial charge >= 0.3 is 0 Å². The van der Waals surface area contributed by atoms with E-state index in [9.17, 15) is 19.5 Å². The molecule has 0 aliphatic carbocycles. The predicted molar refractivity (Wildman–Crippen MR) is 91.9 cm³/mol. The standard InChI is InChI=1S/C17H13BrClNO4/c18-11-3-6-14(20-15(21)7-8-16(22)23)13(9-11)17(24)10-1-4-12(19)5-2-10/h1-6,9H,7-8H2,(H,20,21)(H,22,23)/p-1. The van der Waals surface area contributed by atoms with Gasteiger partial charge in [-0.25, -0.2) is 0 Å². The number of hydrogen-bond donors (Lipinski definition) is 1. The van der Waals surface area contributed by atoms with Gasteiger partial charge in [-0.05, 0) is 48.9 Å². The number of carboxylic acid groups (broad SMARTS) is 1. The second-order valence-electron chi connectivity index (χ2n) is 4.95. The second-order valence-corrected chi connectivity index (χ2v) is 6.30. The summed E-state index contributed by atoms with van der Waals surface area (Å²) in [5, 5.41) is 13.5. The minimum atomic E-state index is -1.31. The van der Waals surface area contributed by atoms with Crippen molar-refractivity contribution < 1.29 is 19.5 Å². The Labute approximate surface area is 151 Å². The van der Waals surface area contributed by atoms with Crippen LogP contribution in [0.3, 0.4) is 0 Å². The molecule has 124 valence electrons. The molecule has 0 aromatic heterocycles. The molecule has 0 aliphatic rings. The maximum atomic E-state index is 12.7. The quantitative estimate of drug-likeness (QED) is 0.743. The highest BCUT2D eigenvalue weighted by Gasteiger charge is 2.16. The largest absolute Gasteiger partial charge is 0.550 e. The fraction of sp³-hybridized carbons (Fsp3) is 0.118. The Balaban J connectivity index is 2.27. The lowest BCUT2D eigenvalue weighted by atomic mass is 10.0. The first kappa shape index (κ1) is 18.2. The summed E-state index contributed by atoms with van der Waals surface area (Å²) in [5.74, 6) is -2.10. The number of rotatable bonds is 6. The Morgan fingerprint density at radius 2 is 1.71 bits per heavy atom. The first-order valence-electron chi connectivity index (χ1n) is 6.96. The monoisotopic (exact) mass is 408 g/mol. The number of carbonyl (C=O) groups excluding carboxylic acids is 3. The minimum absolute atomic E-state index is 0.229. The van der Waals surface area contributed by atoms with Crippen LogP contribution < -0.4 is 10.4 Å². The van der Waals surface area contributed by atoms with Crippen LogP contribution in [0.5, 0.6) is 0 Å². The Morgan fingerprint density at radius 3 is 2.33 bits per heavy atom. The average Bonchev–Trinajstić information content (AvgIpc) is 2.54. The molecule has 0 saturated carbocycles. The summed E-state index contributed by atoms with van der Waals surface area (Å²) in [5.41, 5.74) is 1.01. The van der Waals surface area contributed by atoms with E-state index in [1.165, 1.54) is 0 Å². The van der Waals surface area contributed by atoms with Gasteiger partial charge < -0.3 is 15.2 Å². The highest BCUT2D eigenvalue weighted by molar-refractivity contribution is 9.10. The third kappa shape index (κ3) is 4.91. The van der Waals surface area contributed by atoms with Gasteiger partial charge in [0.1, 0.15) is 0 Å². The Kier molecular flexibility index (Phi) is 6.11. The first-order chi connectivity index (χ1) is 11.4. The highest BCUT2D eigenvalue weighted by atomic mass is 79.9. The Hall–Kier alpha value is -2.18. The molecule has 24 heavy (non-hydrogen) atoms. The third-order valence-corrected chi connectivity index (χ3v) is 3.91. The number of anilines is 1. The summed E-state index contributed by atoms with van der Waals surface area (Å²) in [6.07, 6.45) is -0.615. The van der Waals surface area contributed by atoms with E-state index in [-0.39, 0.29) is 24.2 Å². The van der Waals surface area contributed by atoms with Crippen molar-refractivity contribution in [3.63, 3.8) is 0 Å². The van der Waals surface area contributed by atoms with Gasteiger partial charge in [0, 0.05) is 33.0 Å². The van der Waals surface area contributed by atoms with E-state index in [1.807, 2.05) is 0 Å². The molecule has 0 saturated heterocycles. The summed E-state index contributed by atoms with van der Waals surface area (Å²) in [6, 6.07) is 11.2. The average molecular weight is 410 g/mol. The number of ketones is 1. The lowest BCUT2D eigenvalue weighted by Gasteiger charge is -2.11. The van der Waals surface area contributed by atoms with Crippen molar-refractivity contribution in [2.75, 3.05) is 5.32 Å². The van der Waals surface area contributed by atoms with E-state index in [0.717, 1.165) is 0 Å². The predicted octanol–water partition coefficient (Wildman–Crippen LogP) is 2.80. The molecular weight excluding hydrogens is 398 g/mol. The molecule has 1 N–H and O–H groups in total. The van der Waals surface area contributed by atoms with Crippen LogP contribution in [0.2, 0.25) is 5.02 Å². The van der Waals surface area contributed by atoms with Crippen LogP contribution in [0, 0.1) is 0 Å². The fourth-order valence-electron chi connectivity index (χ4n) is 2.00. The van der Waals surface area contributed by atoms with E-state index in [1.54, 1.807) is 42.5 Å². The molecule has 2 rings (SSSR count). The topological polar surface area (TPSA) is 86.3 Å². The summed E-state index contributed by atoms with van der Waals surface area (Å²) in [6.45, 7) is 0. The van der Waals surface area contributed by atoms with Crippen LogP contribution in [0.4, 0.5) is 5.69 Å². The van der Waals surface area contributed by atoms with Crippen molar-refractivity contribution in [3.8, 4) is 0 Å². The first-order valence-corrected chi connectivity index (χ1v) is 8.13. The second kappa shape index (κ2) is 8.08. The number of benzene rings is 2. The normalized spacial score (nSPS) is 10.2. The minimum Gasteiger partial charge on any atom is -0.550 e. The fourth-order valence-corrected chi connectivity index (χ4v) is 2.49. The zero-order chi connectivity index (χ0) is 17.7. The van der Waals surface area contributed by atoms with E-state index in [4.69, 9.17) is 11.6 Å². The summed E-state index contributed by atoms with van der Waals surface area (Å²) < 4.78 is 0.674. The number of nitrogens with one attached hydrogen (secondary N) is 1. The van der Waals surface area contributed by atoms with E-state index < -0.39 is 11.9 Å². The molecule has 0 fully saturated rings. The molecule has 7 heteroatoms. The number of halogens is 2. The smallest absolute Gasteiger partial charge is 0.224 e. The molecule has 0 aliphatic heterocycles. The number of hydrogen-bond acceptors (Lipinski definition) is 4. The molecule has 0 radical (unpaired) electrons. The van der Waals surface area contributed by atoms with E-state index >= 15 is 0 Å². The van der Waals surface area contributed by atoms with Crippen molar-refractivity contribution >= 4 is 50.9 Å². The Morgan fingerprint density at radius 1 is 1.04 bits per heavy atom. The van der Waals surface area contributed by atoms with Crippen LogP contribution in [0.15, 0.2) is 46.9 Å². The van der Waals surface area contributed by atoms with Crippen molar-refractivity contribution in [2.45, 2.75) is 12.8 Å². The van der Waals surface area contributed by atoms with Gasteiger partial charge in [0.15, 0.2) is 5.78 Å². The van der Waals surface area contributed by atoms with Gasteiger partial charge in [-0.2, -0.15) is 0 Å². The van der Waals surface area contributed by atoms with Gasteiger partial charge in [0.25, 0.3) is 0 Å². The van der Waals surface area contributed by atoms with Crippen molar-refractivity contribution in [1.29, 1.82) is 0 Å². The van der Waals surface area contributed by atoms with Gasteiger partial charge in [-0.1, -0.05) is 27.5 Å². The van der Waals surface area contributed by atoms with Crippen LogP contribution in [0.25, 0.3) is 0 Å². The highest BCUT2D eigenvalue weighted by Crippen LogP contribution is 2.25. The number of amides is 1. The zero-order valence-electron chi connectivity index (χ0n) is 12.3. The van der Waals surface area contributed by atoms with E-state index in [2.05, 4.69) is 21.2 Å². The maximum Gasteiger partial charge on any atom is 0.224 e. The lowest BCUT2D eigenvalue weighted by molar-refractivity contribution is -0.305. The number of carbonyl (C=O) groups is 3. The maximum absolute atomic E-state index is 12.7. The number of carboxylic acids is 1. The van der Waals surface area contributed by atoms with E-state index in [0.29, 0.717) is 20.7 Å². The van der Waals surface area contributed by atoms with Crippen LogP contribution in [-0.2, 0) is 9.59 Å². The molecule has 1 amide bonds.